The number of imidazole rings is 1. The number of piperidine rings is 1. The van der Waals surface area contributed by atoms with E-state index in [0.29, 0.717) is 25.6 Å². The number of carboxylic acids is 1. The Balaban J connectivity index is 1.27. The molecule has 1 saturated heterocycles. The molecule has 4 aromatic rings. The quantitative estimate of drug-likeness (QED) is 0.246. The molecule has 1 aliphatic heterocycles. The first-order valence-electron chi connectivity index (χ1n) is 14.0. The molecule has 0 bridgehead atoms. The fourth-order valence-corrected chi connectivity index (χ4v) is 5.53. The lowest BCUT2D eigenvalue weighted by Crippen LogP contribution is -2.34. The Hall–Kier alpha value is -3.79. The Morgan fingerprint density at radius 3 is 2.54 bits per heavy atom. The average molecular weight is 559 g/mol. The third kappa shape index (κ3) is 6.43. The third-order valence-electron chi connectivity index (χ3n) is 7.93. The van der Waals surface area contributed by atoms with Crippen molar-refractivity contribution in [1.82, 2.24) is 19.4 Å². The summed E-state index contributed by atoms with van der Waals surface area (Å²) in [4.78, 5) is 23.4. The summed E-state index contributed by atoms with van der Waals surface area (Å²) in [6.07, 6.45) is 2.04. The molecule has 41 heavy (non-hydrogen) atoms. The van der Waals surface area contributed by atoms with Gasteiger partial charge in [-0.3, -0.25) is 9.88 Å². The molecule has 9 heteroatoms. The van der Waals surface area contributed by atoms with E-state index in [2.05, 4.69) is 26.6 Å². The van der Waals surface area contributed by atoms with E-state index in [0.717, 1.165) is 59.9 Å². The van der Waals surface area contributed by atoms with Crippen LogP contribution in [0.3, 0.4) is 0 Å². The summed E-state index contributed by atoms with van der Waals surface area (Å²) in [6.45, 7) is 7.57. The number of aryl methyl sites for hydroxylation is 1. The van der Waals surface area contributed by atoms with E-state index >= 15 is 0 Å². The number of carbonyl (C=O) groups is 1. The minimum atomic E-state index is -0.993. The molecule has 0 aliphatic carbocycles. The first-order chi connectivity index (χ1) is 19.8. The summed E-state index contributed by atoms with van der Waals surface area (Å²) in [5.74, 6) is 0.171. The van der Waals surface area contributed by atoms with Gasteiger partial charge in [-0.25, -0.2) is 9.78 Å². The standard InChI is InChI=1S/C32H38N4O5/c1-22-7-5-10-29(33-22)32(2,40-4)41-26-9-6-8-24(19-26)23-13-15-35(16-14-23)21-30-34-27-12-11-25(31(37)38)20-28(27)36(30)17-18-39-3/h5-12,19-20,23H,13-18,21H2,1-4H3,(H,37,38). The summed E-state index contributed by atoms with van der Waals surface area (Å²) in [5.41, 5.74) is 4.79. The Morgan fingerprint density at radius 2 is 1.83 bits per heavy atom. The van der Waals surface area contributed by atoms with Crippen molar-refractivity contribution >= 4 is 17.0 Å². The molecule has 0 amide bonds. The molecule has 216 valence electrons. The Labute approximate surface area is 240 Å². The van der Waals surface area contributed by atoms with Crippen LogP contribution in [0.2, 0.25) is 0 Å². The number of fused-ring (bicyclic) bond motifs is 1. The van der Waals surface area contributed by atoms with Crippen LogP contribution in [0.4, 0.5) is 0 Å². The highest BCUT2D eigenvalue weighted by atomic mass is 16.7. The largest absolute Gasteiger partial charge is 0.478 e. The number of hydrogen-bond acceptors (Lipinski definition) is 7. The minimum Gasteiger partial charge on any atom is -0.478 e. The lowest BCUT2D eigenvalue weighted by molar-refractivity contribution is -0.160. The Morgan fingerprint density at radius 1 is 1.05 bits per heavy atom. The number of benzene rings is 2. The van der Waals surface area contributed by atoms with Gasteiger partial charge in [0.05, 0.1) is 29.7 Å². The maximum Gasteiger partial charge on any atom is 0.335 e. The van der Waals surface area contributed by atoms with Crippen LogP contribution in [0, 0.1) is 6.92 Å². The molecule has 1 N–H and O–H groups in total. The molecule has 1 atom stereocenters. The zero-order valence-corrected chi connectivity index (χ0v) is 24.2. The summed E-state index contributed by atoms with van der Waals surface area (Å²) in [5, 5.41) is 9.47. The number of ether oxygens (including phenoxy) is 3. The smallest absolute Gasteiger partial charge is 0.335 e. The Kier molecular flexibility index (Phi) is 8.68. The van der Waals surface area contributed by atoms with Gasteiger partial charge in [0, 0.05) is 33.4 Å². The number of pyridine rings is 1. The molecule has 3 heterocycles. The molecule has 1 unspecified atom stereocenters. The fourth-order valence-electron chi connectivity index (χ4n) is 5.53. The first-order valence-corrected chi connectivity index (χ1v) is 14.0. The number of nitrogens with zero attached hydrogens (tertiary/aromatic N) is 4. The van der Waals surface area contributed by atoms with Crippen LogP contribution < -0.4 is 4.74 Å². The van der Waals surface area contributed by atoms with Crippen molar-refractivity contribution in [2.45, 2.75) is 51.5 Å². The topological polar surface area (TPSA) is 98.9 Å². The molecule has 1 aliphatic rings. The highest BCUT2D eigenvalue weighted by Crippen LogP contribution is 2.34. The molecule has 2 aromatic heterocycles. The maximum absolute atomic E-state index is 11.5. The van der Waals surface area contributed by atoms with Gasteiger partial charge >= 0.3 is 5.97 Å². The van der Waals surface area contributed by atoms with E-state index < -0.39 is 11.8 Å². The lowest BCUT2D eigenvalue weighted by Gasteiger charge is -2.32. The molecular weight excluding hydrogens is 520 g/mol. The van der Waals surface area contributed by atoms with E-state index in [1.807, 2.05) is 44.2 Å². The van der Waals surface area contributed by atoms with Gasteiger partial charge < -0.3 is 23.9 Å². The average Bonchev–Trinajstić information content (AvgIpc) is 3.32. The molecule has 0 radical (unpaired) electrons. The number of hydrogen-bond donors (Lipinski definition) is 1. The number of likely N-dealkylation sites (tertiary alicyclic amines) is 1. The molecular formula is C32H38N4O5. The molecule has 2 aromatic carbocycles. The maximum atomic E-state index is 11.5. The van der Waals surface area contributed by atoms with Crippen LogP contribution in [-0.4, -0.2) is 64.4 Å². The summed E-state index contributed by atoms with van der Waals surface area (Å²) in [6, 6.07) is 19.2. The van der Waals surface area contributed by atoms with E-state index in [1.54, 1.807) is 32.4 Å². The lowest BCUT2D eigenvalue weighted by atomic mass is 9.89. The van der Waals surface area contributed by atoms with Crippen LogP contribution in [0.15, 0.2) is 60.7 Å². The number of aromatic nitrogens is 3. The first kappa shape index (κ1) is 28.7. The van der Waals surface area contributed by atoms with Gasteiger partial charge in [0.25, 0.3) is 5.79 Å². The molecule has 9 nitrogen and oxygen atoms in total. The number of rotatable bonds is 11. The number of carboxylic acid groups (broad SMARTS) is 1. The zero-order valence-electron chi connectivity index (χ0n) is 24.2. The van der Waals surface area contributed by atoms with E-state index in [-0.39, 0.29) is 5.56 Å². The summed E-state index contributed by atoms with van der Waals surface area (Å²) in [7, 11) is 3.31. The number of aromatic carboxylic acids is 1. The zero-order chi connectivity index (χ0) is 29.0. The van der Waals surface area contributed by atoms with Gasteiger partial charge in [-0.05, 0) is 86.8 Å². The van der Waals surface area contributed by atoms with Crippen molar-refractivity contribution in [3.8, 4) is 5.75 Å². The van der Waals surface area contributed by atoms with Crippen molar-refractivity contribution < 1.29 is 24.1 Å². The third-order valence-corrected chi connectivity index (χ3v) is 7.93. The normalized spacial score (nSPS) is 16.1. The fraction of sp³-hybridized carbons (Fsp3) is 0.406. The molecule has 0 saturated carbocycles. The highest BCUT2D eigenvalue weighted by molar-refractivity contribution is 5.92. The van der Waals surface area contributed by atoms with E-state index in [4.69, 9.17) is 19.2 Å². The van der Waals surface area contributed by atoms with Crippen LogP contribution in [0.25, 0.3) is 11.0 Å². The predicted molar refractivity (Wildman–Crippen MR) is 156 cm³/mol. The van der Waals surface area contributed by atoms with Gasteiger partial charge in [0.1, 0.15) is 17.3 Å². The second-order valence-electron chi connectivity index (χ2n) is 10.7. The molecule has 0 spiro atoms. The monoisotopic (exact) mass is 558 g/mol. The van der Waals surface area contributed by atoms with Crippen molar-refractivity contribution in [2.24, 2.45) is 0 Å². The molecule has 1 fully saturated rings. The predicted octanol–water partition coefficient (Wildman–Crippen LogP) is 5.36. The SMILES string of the molecule is COCCn1c(CN2CCC(c3cccc(OC(C)(OC)c4cccc(C)n4)c3)CC2)nc2ccc(C(=O)O)cc21. The van der Waals surface area contributed by atoms with E-state index in [1.165, 1.54) is 5.56 Å². The van der Waals surface area contributed by atoms with Gasteiger partial charge in [-0.15, -0.1) is 0 Å². The molecule has 5 rings (SSSR count). The second-order valence-corrected chi connectivity index (χ2v) is 10.7. The van der Waals surface area contributed by atoms with Crippen molar-refractivity contribution in [3.63, 3.8) is 0 Å². The van der Waals surface area contributed by atoms with E-state index in [9.17, 15) is 9.90 Å². The van der Waals surface area contributed by atoms with Crippen molar-refractivity contribution in [1.29, 1.82) is 0 Å². The highest BCUT2D eigenvalue weighted by Gasteiger charge is 2.31. The van der Waals surface area contributed by atoms with Gasteiger partial charge in [0.15, 0.2) is 0 Å². The Bertz CT molecular complexity index is 1510. The summed E-state index contributed by atoms with van der Waals surface area (Å²) < 4.78 is 19.6. The van der Waals surface area contributed by atoms with Crippen molar-refractivity contribution in [2.75, 3.05) is 33.9 Å². The van der Waals surface area contributed by atoms with Gasteiger partial charge in [-0.1, -0.05) is 18.2 Å². The summed E-state index contributed by atoms with van der Waals surface area (Å²) >= 11 is 0. The van der Waals surface area contributed by atoms with Crippen molar-refractivity contribution in [3.05, 3.63) is 89.0 Å². The minimum absolute atomic E-state index is 0.260. The van der Waals surface area contributed by atoms with Crippen LogP contribution in [0.5, 0.6) is 5.75 Å². The van der Waals surface area contributed by atoms with Gasteiger partial charge in [0.2, 0.25) is 0 Å². The van der Waals surface area contributed by atoms with Gasteiger partial charge in [-0.2, -0.15) is 0 Å². The number of methoxy groups -OCH3 is 2. The second kappa shape index (κ2) is 12.4. The van der Waals surface area contributed by atoms with Crippen LogP contribution in [-0.2, 0) is 28.4 Å². The van der Waals surface area contributed by atoms with Crippen LogP contribution in [0.1, 0.15) is 58.8 Å². The van der Waals surface area contributed by atoms with Crippen LogP contribution >= 0.6 is 0 Å².